The third-order valence-corrected chi connectivity index (χ3v) is 3.19. The summed E-state index contributed by atoms with van der Waals surface area (Å²) in [5.74, 6) is 0. The van der Waals surface area contributed by atoms with E-state index in [0.29, 0.717) is 5.56 Å². The summed E-state index contributed by atoms with van der Waals surface area (Å²) in [6.45, 7) is -1.41. The molecular weight excluding hydrogens is 258 g/mol. The van der Waals surface area contributed by atoms with Crippen LogP contribution in [0.25, 0.3) is 11.0 Å². The molecule has 0 amide bonds. The average molecular weight is 285 g/mol. The largest absolute Gasteiger partial charge is 0.393 e. The molecule has 0 aliphatic rings. The van der Waals surface area contributed by atoms with Crippen LogP contribution in [0.15, 0.2) is 15.8 Å². The van der Waals surface area contributed by atoms with Gasteiger partial charge in [-0.05, 0) is 38.6 Å². The summed E-state index contributed by atoms with van der Waals surface area (Å²) >= 11 is 0. The summed E-state index contributed by atoms with van der Waals surface area (Å²) in [6.07, 6.45) is -4.87. The van der Waals surface area contributed by atoms with E-state index < -0.39 is 30.6 Å². The second-order valence-electron chi connectivity index (χ2n) is 4.61. The Morgan fingerprint density at radius 1 is 1.55 bits per heavy atom. The number of aliphatic hydroxyl groups excluding tert-OH is 1. The molecule has 2 aromatic rings. The quantitative estimate of drug-likeness (QED) is 0.856. The van der Waals surface area contributed by atoms with Crippen LogP contribution < -0.4 is 11.2 Å². The molecule has 2 heterocycles. The van der Waals surface area contributed by atoms with E-state index in [1.54, 1.807) is 6.92 Å². The van der Waals surface area contributed by atoms with Crippen molar-refractivity contribution in [3.63, 3.8) is 0 Å². The van der Waals surface area contributed by atoms with Crippen LogP contribution in [0.1, 0.15) is 39.9 Å². The van der Waals surface area contributed by atoms with Crippen molar-refractivity contribution in [1.29, 1.82) is 0 Å². The number of nitrogens with one attached hydrogen (secondary N) is 1. The van der Waals surface area contributed by atoms with Gasteiger partial charge in [0.25, 0.3) is 5.56 Å². The SMILES string of the molecule is [2H]c1[nH]c2c(c1C)c(=O)n(CCCC([2H])([2H])C(O)C([2H])([2H])[2H])c(=O)n2C. The van der Waals surface area contributed by atoms with Crippen LogP contribution in [0.3, 0.4) is 0 Å². The van der Waals surface area contributed by atoms with Crippen molar-refractivity contribution in [2.75, 3.05) is 0 Å². The minimum absolute atomic E-state index is 0.0159. The van der Waals surface area contributed by atoms with Crippen LogP contribution >= 0.6 is 0 Å². The Hall–Kier alpha value is -1.82. The Morgan fingerprint density at radius 3 is 3.00 bits per heavy atom. The first kappa shape index (κ1) is 8.46. The molecule has 2 N–H and O–H groups in total. The van der Waals surface area contributed by atoms with E-state index in [-0.39, 0.29) is 36.6 Å². The summed E-state index contributed by atoms with van der Waals surface area (Å²) in [6, 6.07) is 0. The lowest BCUT2D eigenvalue weighted by Crippen LogP contribution is -2.39. The Kier molecular flexibility index (Phi) is 2.40. The highest BCUT2D eigenvalue weighted by Crippen LogP contribution is 2.10. The molecule has 2 aromatic heterocycles. The fraction of sp³-hybridized carbons (Fsp3) is 0.571. The fourth-order valence-corrected chi connectivity index (χ4v) is 2.14. The molecule has 6 nitrogen and oxygen atoms in total. The monoisotopic (exact) mass is 285 g/mol. The van der Waals surface area contributed by atoms with Crippen LogP contribution in [-0.2, 0) is 13.6 Å². The van der Waals surface area contributed by atoms with Crippen molar-refractivity contribution in [2.24, 2.45) is 7.05 Å². The Labute approximate surface area is 125 Å². The highest BCUT2D eigenvalue weighted by Gasteiger charge is 2.13. The summed E-state index contributed by atoms with van der Waals surface area (Å²) < 4.78 is 46.7. The number of aromatic nitrogens is 3. The number of aryl methyl sites for hydroxylation is 2. The minimum atomic E-state index is -2.86. The highest BCUT2D eigenvalue weighted by atomic mass is 16.3. The van der Waals surface area contributed by atoms with E-state index in [9.17, 15) is 14.7 Å². The zero-order valence-corrected chi connectivity index (χ0v) is 11.4. The maximum atomic E-state index is 12.6. The first-order valence-electron chi connectivity index (χ1n) is 9.26. The zero-order valence-electron chi connectivity index (χ0n) is 17.4. The second kappa shape index (κ2) is 5.66. The number of rotatable bonds is 5. The maximum Gasteiger partial charge on any atom is 0.332 e. The van der Waals surface area contributed by atoms with E-state index in [1.807, 2.05) is 0 Å². The van der Waals surface area contributed by atoms with E-state index in [2.05, 4.69) is 4.98 Å². The maximum absolute atomic E-state index is 12.6. The zero-order chi connectivity index (χ0) is 20.0. The van der Waals surface area contributed by atoms with Crippen molar-refractivity contribution < 1.29 is 13.3 Å². The molecule has 0 saturated heterocycles. The molecule has 1 unspecified atom stereocenters. The number of nitrogens with zero attached hydrogens (tertiary/aromatic N) is 2. The summed E-state index contributed by atoms with van der Waals surface area (Å²) in [7, 11) is 1.45. The Balaban J connectivity index is 2.32. The molecule has 0 fully saturated rings. The first-order chi connectivity index (χ1) is 11.8. The number of hydrogen-bond donors (Lipinski definition) is 2. The smallest absolute Gasteiger partial charge is 0.332 e. The molecule has 0 radical (unpaired) electrons. The molecule has 0 aromatic carbocycles. The van der Waals surface area contributed by atoms with Gasteiger partial charge in [-0.15, -0.1) is 0 Å². The van der Waals surface area contributed by atoms with Crippen LogP contribution in [0, 0.1) is 6.92 Å². The van der Waals surface area contributed by atoms with Gasteiger partial charge < -0.3 is 10.1 Å². The lowest BCUT2D eigenvalue weighted by Gasteiger charge is -2.09. The van der Waals surface area contributed by atoms with Crippen molar-refractivity contribution in [2.45, 2.75) is 45.6 Å². The van der Waals surface area contributed by atoms with Crippen molar-refractivity contribution >= 4 is 11.0 Å². The number of aromatic amines is 1. The fourth-order valence-electron chi connectivity index (χ4n) is 2.14. The Morgan fingerprint density at radius 2 is 2.30 bits per heavy atom. The van der Waals surface area contributed by atoms with E-state index in [1.165, 1.54) is 11.6 Å². The summed E-state index contributed by atoms with van der Waals surface area (Å²) in [4.78, 5) is 27.7. The van der Waals surface area contributed by atoms with Gasteiger partial charge in [0.15, 0.2) is 0 Å². The molecule has 20 heavy (non-hydrogen) atoms. The molecule has 110 valence electrons. The minimum Gasteiger partial charge on any atom is -0.393 e. The molecule has 2 rings (SSSR count). The van der Waals surface area contributed by atoms with Crippen LogP contribution in [0.2, 0.25) is 0 Å². The van der Waals surface area contributed by atoms with Gasteiger partial charge in [-0.3, -0.25) is 13.9 Å². The lowest BCUT2D eigenvalue weighted by atomic mass is 10.2. The normalized spacial score (nSPS) is 18.8. The Bertz CT molecular complexity index is 941. The van der Waals surface area contributed by atoms with Gasteiger partial charge in [0.1, 0.15) is 5.65 Å². The molecule has 0 bridgehead atoms. The number of aliphatic hydroxyl groups is 1. The molecule has 0 aliphatic heterocycles. The predicted molar refractivity (Wildman–Crippen MR) is 78.1 cm³/mol. The molecule has 0 aliphatic carbocycles. The number of hydrogen-bond acceptors (Lipinski definition) is 3. The van der Waals surface area contributed by atoms with E-state index in [0.717, 1.165) is 4.57 Å². The molecular formula is C14H21N3O3. The third kappa shape index (κ3) is 2.56. The molecule has 6 heteroatoms. The van der Waals surface area contributed by atoms with Crippen LogP contribution in [0.5, 0.6) is 0 Å². The first-order valence-corrected chi connectivity index (χ1v) is 6.26. The van der Waals surface area contributed by atoms with Gasteiger partial charge in [-0.2, -0.15) is 0 Å². The molecule has 0 saturated carbocycles. The van der Waals surface area contributed by atoms with Gasteiger partial charge in [-0.25, -0.2) is 4.79 Å². The standard InChI is InChI=1S/C14H21N3O3/c1-9-8-15-12-11(9)13(19)17(14(20)16(12)3)7-5-4-6-10(2)18/h8,10,15,18H,4-7H2,1-3H3/i2D3,6D2,8D. The second-order valence-corrected chi connectivity index (χ2v) is 4.61. The van der Waals surface area contributed by atoms with Crippen LogP contribution in [-0.4, -0.2) is 25.3 Å². The lowest BCUT2D eigenvalue weighted by molar-refractivity contribution is 0.180. The van der Waals surface area contributed by atoms with Crippen molar-refractivity contribution in [3.05, 3.63) is 32.6 Å². The van der Waals surface area contributed by atoms with E-state index in [4.69, 9.17) is 8.22 Å². The average Bonchev–Trinajstić information content (AvgIpc) is 2.82. The number of fused-ring (bicyclic) bond motifs is 1. The topological polar surface area (TPSA) is 80.0 Å². The number of H-pyrrole nitrogens is 1. The van der Waals surface area contributed by atoms with Gasteiger partial charge in [-0.1, -0.05) is 0 Å². The van der Waals surface area contributed by atoms with Gasteiger partial charge in [0, 0.05) is 26.6 Å². The summed E-state index contributed by atoms with van der Waals surface area (Å²) in [5, 5.41) is 9.86. The van der Waals surface area contributed by atoms with Crippen molar-refractivity contribution in [1.82, 2.24) is 14.1 Å². The molecule has 0 spiro atoms. The van der Waals surface area contributed by atoms with Gasteiger partial charge in [0.05, 0.1) is 12.9 Å². The van der Waals surface area contributed by atoms with Crippen molar-refractivity contribution in [3.8, 4) is 0 Å². The van der Waals surface area contributed by atoms with Crippen LogP contribution in [0.4, 0.5) is 0 Å². The third-order valence-electron chi connectivity index (χ3n) is 3.19. The highest BCUT2D eigenvalue weighted by molar-refractivity contribution is 5.78. The molecule has 1 atom stereocenters. The van der Waals surface area contributed by atoms with E-state index >= 15 is 0 Å². The summed E-state index contributed by atoms with van der Waals surface area (Å²) in [5.41, 5.74) is -0.567. The van der Waals surface area contributed by atoms with Gasteiger partial charge >= 0.3 is 5.69 Å². The predicted octanol–water partition coefficient (Wildman–Crippen LogP) is 0.888. The van der Waals surface area contributed by atoms with Gasteiger partial charge in [0.2, 0.25) is 0 Å².